The second-order valence-electron chi connectivity index (χ2n) is 9.01. The van der Waals surface area contributed by atoms with Crippen LogP contribution in [0.5, 0.6) is 0 Å². The van der Waals surface area contributed by atoms with E-state index >= 15 is 0 Å². The van der Waals surface area contributed by atoms with Gasteiger partial charge in [-0.3, -0.25) is 19.7 Å². The zero-order chi connectivity index (χ0) is 30.6. The lowest BCUT2D eigenvalue weighted by atomic mass is 10.0. The van der Waals surface area contributed by atoms with Crippen molar-refractivity contribution in [2.75, 3.05) is 17.2 Å². The van der Waals surface area contributed by atoms with Crippen LogP contribution in [0, 0.1) is 0 Å². The molecule has 4 rings (SSSR count). The second-order valence-corrected chi connectivity index (χ2v) is 9.45. The lowest BCUT2D eigenvalue weighted by Crippen LogP contribution is -2.44. The lowest BCUT2D eigenvalue weighted by molar-refractivity contribution is -0.137. The first-order valence-corrected chi connectivity index (χ1v) is 13.3. The molecule has 0 bridgehead atoms. The Hall–Kier alpha value is -5.56. The SMILES string of the molecule is O=C(O)CCOC(=O)Nc1ccc(NC(=O)[C@H](Cc2ccccc2)NC(=O)/C=C/c2cc(Cl)ccc2-n2cnnn2)cc1. The summed E-state index contributed by atoms with van der Waals surface area (Å²) in [6, 6.07) is 19.5. The number of carboxylic acid groups (broad SMARTS) is 1. The van der Waals surface area contributed by atoms with E-state index in [0.29, 0.717) is 27.6 Å². The van der Waals surface area contributed by atoms with E-state index in [4.69, 9.17) is 21.4 Å². The topological polar surface area (TPSA) is 177 Å². The number of ether oxygens (including phenoxy) is 1. The van der Waals surface area contributed by atoms with Crippen LogP contribution in [0.3, 0.4) is 0 Å². The Morgan fingerprint density at radius 2 is 1.70 bits per heavy atom. The Kier molecular flexibility index (Phi) is 10.5. The molecule has 0 spiro atoms. The summed E-state index contributed by atoms with van der Waals surface area (Å²) in [5.41, 5.74) is 2.81. The van der Waals surface area contributed by atoms with Crippen molar-refractivity contribution in [1.82, 2.24) is 25.5 Å². The third-order valence-corrected chi connectivity index (χ3v) is 6.10. The average Bonchev–Trinajstić information content (AvgIpc) is 3.52. The number of nitrogens with zero attached hydrogens (tertiary/aromatic N) is 4. The minimum absolute atomic E-state index is 0.223. The Morgan fingerprint density at radius 3 is 2.37 bits per heavy atom. The predicted molar refractivity (Wildman–Crippen MR) is 158 cm³/mol. The van der Waals surface area contributed by atoms with Crippen LogP contribution in [0.15, 0.2) is 85.2 Å². The Balaban J connectivity index is 1.43. The highest BCUT2D eigenvalue weighted by Crippen LogP contribution is 2.20. The molecule has 1 heterocycles. The van der Waals surface area contributed by atoms with Gasteiger partial charge in [0, 0.05) is 34.5 Å². The van der Waals surface area contributed by atoms with E-state index in [2.05, 4.69) is 31.5 Å². The molecule has 14 heteroatoms. The number of hydrogen-bond acceptors (Lipinski definition) is 8. The molecular weight excluding hydrogens is 578 g/mol. The van der Waals surface area contributed by atoms with Gasteiger partial charge in [0.1, 0.15) is 19.0 Å². The first-order valence-electron chi connectivity index (χ1n) is 12.9. The van der Waals surface area contributed by atoms with E-state index in [1.807, 2.05) is 30.3 Å². The van der Waals surface area contributed by atoms with Crippen molar-refractivity contribution in [3.63, 3.8) is 0 Å². The van der Waals surface area contributed by atoms with Crippen LogP contribution >= 0.6 is 11.6 Å². The quantitative estimate of drug-likeness (QED) is 0.176. The zero-order valence-electron chi connectivity index (χ0n) is 22.5. The monoisotopic (exact) mass is 603 g/mol. The molecule has 0 fully saturated rings. The molecule has 0 aliphatic rings. The minimum Gasteiger partial charge on any atom is -0.481 e. The molecule has 0 unspecified atom stereocenters. The molecule has 0 aliphatic carbocycles. The molecule has 43 heavy (non-hydrogen) atoms. The van der Waals surface area contributed by atoms with Gasteiger partial charge in [0.05, 0.1) is 12.1 Å². The van der Waals surface area contributed by atoms with Crippen LogP contribution in [0.25, 0.3) is 11.8 Å². The van der Waals surface area contributed by atoms with Crippen molar-refractivity contribution in [2.45, 2.75) is 18.9 Å². The molecule has 4 aromatic rings. The largest absolute Gasteiger partial charge is 0.481 e. The van der Waals surface area contributed by atoms with Crippen LogP contribution in [-0.2, 0) is 25.5 Å². The first-order chi connectivity index (χ1) is 20.8. The Bertz CT molecular complexity index is 1600. The first kappa shape index (κ1) is 30.4. The zero-order valence-corrected chi connectivity index (χ0v) is 23.3. The van der Waals surface area contributed by atoms with Gasteiger partial charge >= 0.3 is 12.1 Å². The maximum Gasteiger partial charge on any atom is 0.411 e. The maximum absolute atomic E-state index is 13.3. The number of tetrazole rings is 1. The highest BCUT2D eigenvalue weighted by Gasteiger charge is 2.21. The molecule has 220 valence electrons. The van der Waals surface area contributed by atoms with Crippen molar-refractivity contribution >= 4 is 52.9 Å². The van der Waals surface area contributed by atoms with E-state index in [0.717, 1.165) is 5.56 Å². The standard InChI is InChI=1S/C29H26ClN7O6/c30-21-7-12-25(37-18-31-35-36-37)20(17-21)6-13-26(38)34-24(16-19-4-2-1-3-5-19)28(41)32-22-8-10-23(11-9-22)33-29(42)43-15-14-27(39)40/h1-13,17-18,24H,14-16H2,(H,32,41)(H,33,42)(H,34,38)(H,39,40)/b13-6+/t24-/m0/s1. The summed E-state index contributed by atoms with van der Waals surface area (Å²) in [6.07, 6.45) is 3.37. The second kappa shape index (κ2) is 14.9. The summed E-state index contributed by atoms with van der Waals surface area (Å²) in [5, 5.41) is 28.2. The van der Waals surface area contributed by atoms with E-state index in [1.54, 1.807) is 36.4 Å². The molecule has 0 aliphatic heterocycles. The lowest BCUT2D eigenvalue weighted by Gasteiger charge is -2.18. The summed E-state index contributed by atoms with van der Waals surface area (Å²) in [6.45, 7) is -0.265. The van der Waals surface area contributed by atoms with Crippen LogP contribution in [-0.4, -0.2) is 61.8 Å². The highest BCUT2D eigenvalue weighted by molar-refractivity contribution is 6.30. The fraction of sp³-hybridized carbons (Fsp3) is 0.138. The van der Waals surface area contributed by atoms with E-state index in [1.165, 1.54) is 29.2 Å². The van der Waals surface area contributed by atoms with Crippen LogP contribution in [0.1, 0.15) is 17.5 Å². The number of anilines is 2. The molecule has 4 N–H and O–H groups in total. The number of halogens is 1. The number of aromatic nitrogens is 4. The van der Waals surface area contributed by atoms with E-state index in [9.17, 15) is 19.2 Å². The fourth-order valence-corrected chi connectivity index (χ4v) is 4.02. The third-order valence-electron chi connectivity index (χ3n) is 5.86. The van der Waals surface area contributed by atoms with E-state index in [-0.39, 0.29) is 19.4 Å². The molecule has 0 saturated carbocycles. The van der Waals surface area contributed by atoms with Crippen molar-refractivity contribution < 1.29 is 29.0 Å². The normalized spacial score (nSPS) is 11.5. The van der Waals surface area contributed by atoms with Gasteiger partial charge in [0.15, 0.2) is 0 Å². The summed E-state index contributed by atoms with van der Waals surface area (Å²) >= 11 is 6.16. The van der Waals surface area contributed by atoms with Crippen molar-refractivity contribution in [2.24, 2.45) is 0 Å². The molecule has 1 aromatic heterocycles. The summed E-state index contributed by atoms with van der Waals surface area (Å²) in [7, 11) is 0. The molecule has 0 saturated heterocycles. The molecule has 1 atom stereocenters. The molecule has 3 amide bonds. The number of benzene rings is 3. The molecule has 3 aromatic carbocycles. The third kappa shape index (κ3) is 9.50. The Labute approximate surface area is 250 Å². The average molecular weight is 604 g/mol. The molecular formula is C29H26ClN7O6. The van der Waals surface area contributed by atoms with Gasteiger partial charge in [0.2, 0.25) is 11.8 Å². The van der Waals surface area contributed by atoms with Gasteiger partial charge in [-0.25, -0.2) is 4.79 Å². The van der Waals surface area contributed by atoms with Gasteiger partial charge < -0.3 is 20.5 Å². The maximum atomic E-state index is 13.3. The van der Waals surface area contributed by atoms with Gasteiger partial charge in [-0.2, -0.15) is 4.68 Å². The fourth-order valence-electron chi connectivity index (χ4n) is 3.83. The molecule has 13 nitrogen and oxygen atoms in total. The van der Waals surface area contributed by atoms with E-state index < -0.39 is 29.9 Å². The van der Waals surface area contributed by atoms with Crippen molar-refractivity contribution in [3.8, 4) is 5.69 Å². The molecule has 0 radical (unpaired) electrons. The Morgan fingerprint density at radius 1 is 0.977 bits per heavy atom. The number of carboxylic acids is 1. The summed E-state index contributed by atoms with van der Waals surface area (Å²) < 4.78 is 6.23. The smallest absolute Gasteiger partial charge is 0.411 e. The van der Waals surface area contributed by atoms with Crippen molar-refractivity contribution in [3.05, 3.63) is 101 Å². The summed E-state index contributed by atoms with van der Waals surface area (Å²) in [4.78, 5) is 48.6. The number of hydrogen-bond donors (Lipinski definition) is 4. The predicted octanol–water partition coefficient (Wildman–Crippen LogP) is 3.72. The van der Waals surface area contributed by atoms with Crippen molar-refractivity contribution in [1.29, 1.82) is 0 Å². The number of carbonyl (C=O) groups is 4. The number of rotatable bonds is 12. The van der Waals surface area contributed by atoms with Gasteiger partial charge in [-0.05, 0) is 64.5 Å². The van der Waals surface area contributed by atoms with Gasteiger partial charge in [-0.1, -0.05) is 41.9 Å². The number of carbonyl (C=O) groups excluding carboxylic acids is 3. The number of nitrogens with one attached hydrogen (secondary N) is 3. The minimum atomic E-state index is -1.08. The summed E-state index contributed by atoms with van der Waals surface area (Å²) in [5.74, 6) is -2.06. The van der Waals surface area contributed by atoms with Gasteiger partial charge in [-0.15, -0.1) is 5.10 Å². The highest BCUT2D eigenvalue weighted by atomic mass is 35.5. The number of aliphatic carboxylic acids is 1. The van der Waals surface area contributed by atoms with Crippen LogP contribution in [0.2, 0.25) is 5.02 Å². The van der Waals surface area contributed by atoms with Crippen LogP contribution < -0.4 is 16.0 Å². The van der Waals surface area contributed by atoms with Gasteiger partial charge in [0.25, 0.3) is 0 Å². The van der Waals surface area contributed by atoms with Crippen LogP contribution in [0.4, 0.5) is 16.2 Å². The number of amides is 3.